The number of imide groups is 1. The molecule has 0 saturated carbocycles. The number of hydrogen-bond acceptors (Lipinski definition) is 5. The van der Waals surface area contributed by atoms with E-state index >= 15 is 0 Å². The van der Waals surface area contributed by atoms with Crippen molar-refractivity contribution in [2.24, 2.45) is 0 Å². The minimum absolute atomic E-state index is 0.0151. The summed E-state index contributed by atoms with van der Waals surface area (Å²) in [7, 11) is 0. The Balaban J connectivity index is 1.49. The molecular formula is C27H24ClN3O4. The van der Waals surface area contributed by atoms with E-state index in [0.29, 0.717) is 35.0 Å². The Hall–Kier alpha value is -4.10. The lowest BCUT2D eigenvalue weighted by Gasteiger charge is -2.16. The monoisotopic (exact) mass is 489 g/mol. The molecule has 3 aromatic carbocycles. The van der Waals surface area contributed by atoms with E-state index in [-0.39, 0.29) is 16.6 Å². The highest BCUT2D eigenvalue weighted by atomic mass is 35.5. The second-order valence-electron chi connectivity index (χ2n) is 8.07. The number of halogens is 1. The van der Waals surface area contributed by atoms with Crippen LogP contribution in [0.15, 0.2) is 77.5 Å². The number of carbonyl (C=O) groups is 3. The summed E-state index contributed by atoms with van der Waals surface area (Å²) in [5.41, 5.74) is 3.79. The molecular weight excluding hydrogens is 466 g/mol. The molecule has 1 aliphatic rings. The van der Waals surface area contributed by atoms with Crippen LogP contribution in [0.4, 0.5) is 17.1 Å². The quantitative estimate of drug-likeness (QED) is 0.434. The van der Waals surface area contributed by atoms with E-state index in [2.05, 4.69) is 10.6 Å². The van der Waals surface area contributed by atoms with Gasteiger partial charge >= 0.3 is 0 Å². The van der Waals surface area contributed by atoms with Gasteiger partial charge in [0.05, 0.1) is 18.0 Å². The molecule has 0 aromatic heterocycles. The zero-order valence-corrected chi connectivity index (χ0v) is 20.3. The second-order valence-corrected chi connectivity index (χ2v) is 8.44. The van der Waals surface area contributed by atoms with Crippen LogP contribution in [0.25, 0.3) is 0 Å². The Morgan fingerprint density at radius 2 is 1.60 bits per heavy atom. The van der Waals surface area contributed by atoms with Gasteiger partial charge in [-0.05, 0) is 80.4 Å². The normalized spacial score (nSPS) is 13.3. The Bertz CT molecular complexity index is 1330. The van der Waals surface area contributed by atoms with Crippen LogP contribution >= 0.6 is 11.6 Å². The van der Waals surface area contributed by atoms with Gasteiger partial charge < -0.3 is 15.4 Å². The molecule has 0 spiro atoms. The molecule has 8 heteroatoms. The van der Waals surface area contributed by atoms with E-state index in [1.165, 1.54) is 0 Å². The van der Waals surface area contributed by atoms with Crippen LogP contribution in [-0.2, 0) is 9.59 Å². The predicted molar refractivity (Wildman–Crippen MR) is 137 cm³/mol. The number of carbonyl (C=O) groups excluding carboxylic acids is 3. The molecule has 1 aliphatic heterocycles. The number of amides is 3. The lowest BCUT2D eigenvalue weighted by atomic mass is 10.1. The van der Waals surface area contributed by atoms with Crippen LogP contribution in [0, 0.1) is 13.8 Å². The highest BCUT2D eigenvalue weighted by molar-refractivity contribution is 6.53. The second kappa shape index (κ2) is 10.0. The third kappa shape index (κ3) is 5.05. The molecule has 1 heterocycles. The first kappa shape index (κ1) is 24.0. The van der Waals surface area contributed by atoms with Crippen molar-refractivity contribution >= 4 is 46.4 Å². The smallest absolute Gasteiger partial charge is 0.283 e. The average molecular weight is 490 g/mol. The lowest BCUT2D eigenvalue weighted by molar-refractivity contribution is -0.120. The summed E-state index contributed by atoms with van der Waals surface area (Å²) in [5, 5.41) is 5.57. The number of nitrogens with one attached hydrogen (secondary N) is 2. The van der Waals surface area contributed by atoms with Crippen molar-refractivity contribution in [1.29, 1.82) is 0 Å². The molecule has 35 heavy (non-hydrogen) atoms. The molecule has 0 saturated heterocycles. The van der Waals surface area contributed by atoms with Crippen LogP contribution in [0.5, 0.6) is 5.75 Å². The van der Waals surface area contributed by atoms with Crippen LogP contribution < -0.4 is 20.3 Å². The van der Waals surface area contributed by atoms with Gasteiger partial charge in [0.2, 0.25) is 0 Å². The Kier molecular flexibility index (Phi) is 6.89. The number of benzene rings is 3. The van der Waals surface area contributed by atoms with E-state index in [9.17, 15) is 14.4 Å². The van der Waals surface area contributed by atoms with Crippen molar-refractivity contribution in [1.82, 2.24) is 0 Å². The van der Waals surface area contributed by atoms with E-state index < -0.39 is 11.8 Å². The van der Waals surface area contributed by atoms with Crippen LogP contribution in [0.2, 0.25) is 0 Å². The lowest BCUT2D eigenvalue weighted by Crippen LogP contribution is -2.32. The molecule has 0 atom stereocenters. The third-order valence-electron chi connectivity index (χ3n) is 5.34. The number of anilines is 3. The van der Waals surface area contributed by atoms with Crippen molar-refractivity contribution in [3.05, 3.63) is 94.1 Å². The van der Waals surface area contributed by atoms with Crippen molar-refractivity contribution in [2.75, 3.05) is 22.1 Å². The van der Waals surface area contributed by atoms with Crippen molar-refractivity contribution in [3.63, 3.8) is 0 Å². The summed E-state index contributed by atoms with van der Waals surface area (Å²) < 4.78 is 5.54. The fraction of sp³-hybridized carbons (Fsp3) is 0.148. The molecule has 178 valence electrons. The van der Waals surface area contributed by atoms with Crippen LogP contribution in [0.3, 0.4) is 0 Å². The topological polar surface area (TPSA) is 87.7 Å². The van der Waals surface area contributed by atoms with E-state index in [4.69, 9.17) is 16.3 Å². The maximum atomic E-state index is 13.0. The van der Waals surface area contributed by atoms with Gasteiger partial charge in [-0.15, -0.1) is 0 Å². The molecule has 0 radical (unpaired) electrons. The summed E-state index contributed by atoms with van der Waals surface area (Å²) in [6.45, 7) is 6.13. The largest absolute Gasteiger partial charge is 0.492 e. The first-order valence-electron chi connectivity index (χ1n) is 11.1. The van der Waals surface area contributed by atoms with Gasteiger partial charge in [-0.2, -0.15) is 0 Å². The molecule has 3 amide bonds. The summed E-state index contributed by atoms with van der Waals surface area (Å²) in [6.07, 6.45) is 0. The minimum Gasteiger partial charge on any atom is -0.492 e. The Morgan fingerprint density at radius 3 is 2.26 bits per heavy atom. The van der Waals surface area contributed by atoms with Gasteiger partial charge in [0, 0.05) is 11.3 Å². The fourth-order valence-electron chi connectivity index (χ4n) is 3.82. The summed E-state index contributed by atoms with van der Waals surface area (Å²) in [5.74, 6) is -0.859. The number of rotatable bonds is 7. The van der Waals surface area contributed by atoms with Crippen molar-refractivity contribution < 1.29 is 19.1 Å². The zero-order chi connectivity index (χ0) is 25.1. The minimum atomic E-state index is -0.590. The number of aryl methyl sites for hydroxylation is 2. The molecule has 0 aliphatic carbocycles. The molecule has 0 bridgehead atoms. The molecule has 3 aromatic rings. The van der Waals surface area contributed by atoms with Crippen LogP contribution in [0.1, 0.15) is 28.4 Å². The summed E-state index contributed by atoms with van der Waals surface area (Å²) in [6, 6.07) is 19.1. The number of ether oxygens (including phenoxy) is 1. The summed E-state index contributed by atoms with van der Waals surface area (Å²) in [4.78, 5) is 39.5. The molecule has 0 fully saturated rings. The van der Waals surface area contributed by atoms with Crippen molar-refractivity contribution in [2.45, 2.75) is 20.8 Å². The molecule has 4 rings (SSSR count). The number of nitrogens with zero attached hydrogens (tertiary/aromatic N) is 1. The van der Waals surface area contributed by atoms with E-state index in [1.807, 2.05) is 39.0 Å². The van der Waals surface area contributed by atoms with E-state index in [1.54, 1.807) is 48.5 Å². The highest BCUT2D eigenvalue weighted by Gasteiger charge is 2.39. The van der Waals surface area contributed by atoms with Gasteiger partial charge in [-0.25, -0.2) is 4.90 Å². The van der Waals surface area contributed by atoms with Gasteiger partial charge in [0.15, 0.2) is 0 Å². The summed E-state index contributed by atoms with van der Waals surface area (Å²) >= 11 is 6.24. The van der Waals surface area contributed by atoms with Crippen LogP contribution in [-0.4, -0.2) is 24.3 Å². The first-order chi connectivity index (χ1) is 16.8. The molecule has 0 unspecified atom stereocenters. The van der Waals surface area contributed by atoms with Gasteiger partial charge in [-0.3, -0.25) is 14.4 Å². The maximum absolute atomic E-state index is 13.0. The molecule has 7 nitrogen and oxygen atoms in total. The third-order valence-corrected chi connectivity index (χ3v) is 5.69. The van der Waals surface area contributed by atoms with Gasteiger partial charge in [0.25, 0.3) is 17.7 Å². The fourth-order valence-corrected chi connectivity index (χ4v) is 4.03. The zero-order valence-electron chi connectivity index (χ0n) is 19.5. The maximum Gasteiger partial charge on any atom is 0.283 e. The molecule has 2 N–H and O–H groups in total. The Morgan fingerprint density at radius 1 is 0.943 bits per heavy atom. The SMILES string of the molecule is CCOc1ccccc1NC(=O)c1ccc(NC2=C(Cl)C(=O)N(c3cc(C)cc(C)c3)C2=O)cc1. The number of hydrogen-bond donors (Lipinski definition) is 2. The standard InChI is InChI=1S/C27H24ClN3O4/c1-4-35-22-8-6-5-7-21(22)30-25(32)18-9-11-19(12-10-18)29-24-23(28)26(33)31(27(24)34)20-14-16(2)13-17(3)15-20/h5-15,29H,4H2,1-3H3,(H,30,32). The van der Waals surface area contributed by atoms with Gasteiger partial charge in [-0.1, -0.05) is 29.8 Å². The van der Waals surface area contributed by atoms with Gasteiger partial charge in [0.1, 0.15) is 16.5 Å². The predicted octanol–water partition coefficient (Wildman–Crippen LogP) is 5.39. The van der Waals surface area contributed by atoms with E-state index in [0.717, 1.165) is 16.0 Å². The highest BCUT2D eigenvalue weighted by Crippen LogP contribution is 2.31. The average Bonchev–Trinajstić information content (AvgIpc) is 3.03. The number of para-hydroxylation sites is 2. The van der Waals surface area contributed by atoms with Crippen molar-refractivity contribution in [3.8, 4) is 5.75 Å². The first-order valence-corrected chi connectivity index (χ1v) is 11.4. The Labute approximate surface area is 208 Å².